The number of carbonyl (C=O) groups is 2. The number of esters is 1. The molecule has 2 heterocycles. The average Bonchev–Trinajstić information content (AvgIpc) is 3.07. The van der Waals surface area contributed by atoms with E-state index in [0.717, 1.165) is 17.0 Å². The maximum absolute atomic E-state index is 11.8. The number of thiophene rings is 1. The minimum Gasteiger partial charge on any atom is -0.469 e. The van der Waals surface area contributed by atoms with E-state index in [4.69, 9.17) is 0 Å². The molecule has 0 unspecified atom stereocenters. The molecule has 0 saturated heterocycles. The van der Waals surface area contributed by atoms with Crippen LogP contribution in [-0.4, -0.2) is 29.0 Å². The lowest BCUT2D eigenvalue weighted by Crippen LogP contribution is -2.23. The van der Waals surface area contributed by atoms with Crippen LogP contribution in [0.2, 0.25) is 0 Å². The molecule has 116 valence electrons. The Morgan fingerprint density at radius 1 is 1.27 bits per heavy atom. The summed E-state index contributed by atoms with van der Waals surface area (Å²) in [5, 5.41) is 6.77. The molecule has 0 radical (unpaired) electrons. The fourth-order valence-corrected chi connectivity index (χ4v) is 2.54. The fourth-order valence-electron chi connectivity index (χ4n) is 1.90. The van der Waals surface area contributed by atoms with E-state index in [1.54, 1.807) is 23.7 Å². The van der Waals surface area contributed by atoms with Gasteiger partial charge in [0.05, 0.1) is 25.0 Å². The van der Waals surface area contributed by atoms with Gasteiger partial charge in [-0.3, -0.25) is 19.6 Å². The van der Waals surface area contributed by atoms with Crippen molar-refractivity contribution in [3.05, 3.63) is 34.9 Å². The molecule has 22 heavy (non-hydrogen) atoms. The van der Waals surface area contributed by atoms with Crippen molar-refractivity contribution in [2.45, 2.75) is 25.8 Å². The fraction of sp³-hybridized carbons (Fsp3) is 0.333. The van der Waals surface area contributed by atoms with Crippen LogP contribution in [0.25, 0.3) is 11.3 Å². The number of hydrogen-bond donors (Lipinski definition) is 1. The molecule has 2 aromatic heterocycles. The van der Waals surface area contributed by atoms with Crippen molar-refractivity contribution in [3.8, 4) is 11.3 Å². The van der Waals surface area contributed by atoms with E-state index in [-0.39, 0.29) is 24.7 Å². The van der Waals surface area contributed by atoms with Crippen LogP contribution in [0.1, 0.15) is 25.0 Å². The Labute approximate surface area is 132 Å². The molecule has 0 aliphatic carbocycles. The van der Waals surface area contributed by atoms with E-state index in [1.165, 1.54) is 7.11 Å². The summed E-state index contributed by atoms with van der Waals surface area (Å²) in [5.74, 6) is -0.424. The van der Waals surface area contributed by atoms with E-state index < -0.39 is 0 Å². The molecule has 2 aromatic rings. The first-order valence-corrected chi connectivity index (χ1v) is 7.81. The lowest BCUT2D eigenvalue weighted by Gasteiger charge is -2.08. The van der Waals surface area contributed by atoms with Gasteiger partial charge in [-0.15, -0.1) is 0 Å². The molecule has 6 nitrogen and oxygen atoms in total. The first-order chi connectivity index (χ1) is 10.7. The number of carbonyl (C=O) groups excluding carboxylic acids is 2. The first kappa shape index (κ1) is 16.1. The van der Waals surface area contributed by atoms with Crippen molar-refractivity contribution in [3.63, 3.8) is 0 Å². The summed E-state index contributed by atoms with van der Waals surface area (Å²) in [6, 6.07) is 1.97. The molecule has 0 aromatic carbocycles. The summed E-state index contributed by atoms with van der Waals surface area (Å²) < 4.78 is 4.53. The Morgan fingerprint density at radius 3 is 2.82 bits per heavy atom. The molecule has 0 saturated carbocycles. The highest BCUT2D eigenvalue weighted by Gasteiger charge is 2.10. The van der Waals surface area contributed by atoms with Gasteiger partial charge in [0.2, 0.25) is 5.91 Å². The largest absolute Gasteiger partial charge is 0.469 e. The second-order valence-electron chi connectivity index (χ2n) is 4.57. The summed E-state index contributed by atoms with van der Waals surface area (Å²) in [6.45, 7) is 0.316. The van der Waals surface area contributed by atoms with Gasteiger partial charge in [0, 0.05) is 36.2 Å². The van der Waals surface area contributed by atoms with Gasteiger partial charge in [0.15, 0.2) is 0 Å². The summed E-state index contributed by atoms with van der Waals surface area (Å²) in [6.07, 6.45) is 4.23. The van der Waals surface area contributed by atoms with E-state index in [1.807, 2.05) is 16.8 Å². The van der Waals surface area contributed by atoms with Gasteiger partial charge < -0.3 is 10.1 Å². The molecule has 7 heteroatoms. The van der Waals surface area contributed by atoms with Crippen LogP contribution in [0.3, 0.4) is 0 Å². The highest BCUT2D eigenvalue weighted by atomic mass is 32.1. The number of nitrogens with one attached hydrogen (secondary N) is 1. The molecule has 0 spiro atoms. The van der Waals surface area contributed by atoms with Gasteiger partial charge in [-0.2, -0.15) is 11.3 Å². The lowest BCUT2D eigenvalue weighted by molar-refractivity contribution is -0.140. The summed E-state index contributed by atoms with van der Waals surface area (Å²) in [7, 11) is 1.34. The second kappa shape index (κ2) is 8.23. The van der Waals surface area contributed by atoms with Crippen molar-refractivity contribution in [1.29, 1.82) is 0 Å². The summed E-state index contributed by atoms with van der Waals surface area (Å²) in [4.78, 5) is 31.4. The van der Waals surface area contributed by atoms with E-state index in [9.17, 15) is 9.59 Å². The molecule has 0 bridgehead atoms. The predicted octanol–water partition coefficient (Wildman–Crippen LogP) is 2.16. The third kappa shape index (κ3) is 4.63. The molecular weight excluding hydrogens is 302 g/mol. The molecular formula is C15H17N3O3S. The number of methoxy groups -OCH3 is 1. The summed E-state index contributed by atoms with van der Waals surface area (Å²) >= 11 is 1.58. The second-order valence-corrected chi connectivity index (χ2v) is 5.35. The van der Waals surface area contributed by atoms with Crippen LogP contribution in [0, 0.1) is 0 Å². The highest BCUT2D eigenvalue weighted by molar-refractivity contribution is 7.08. The topological polar surface area (TPSA) is 81.2 Å². The zero-order valence-electron chi connectivity index (χ0n) is 12.2. The van der Waals surface area contributed by atoms with Crippen molar-refractivity contribution in [1.82, 2.24) is 15.3 Å². The van der Waals surface area contributed by atoms with Crippen LogP contribution in [0.5, 0.6) is 0 Å². The standard InChI is InChI=1S/C15H17N3O3S/c1-21-14(20)4-2-3-13(19)18-9-12-15(17-7-6-16-12)11-5-8-22-10-11/h5-8,10H,2-4,9H2,1H3,(H,18,19). The quantitative estimate of drug-likeness (QED) is 0.791. The first-order valence-electron chi connectivity index (χ1n) is 6.86. The molecule has 0 aliphatic heterocycles. The molecule has 2 rings (SSSR count). The van der Waals surface area contributed by atoms with Crippen molar-refractivity contribution in [2.24, 2.45) is 0 Å². The molecule has 0 aliphatic rings. The van der Waals surface area contributed by atoms with E-state index in [0.29, 0.717) is 13.0 Å². The third-order valence-electron chi connectivity index (χ3n) is 3.03. The molecule has 0 atom stereocenters. The molecule has 1 N–H and O–H groups in total. The zero-order chi connectivity index (χ0) is 15.8. The van der Waals surface area contributed by atoms with Crippen molar-refractivity contribution in [2.75, 3.05) is 7.11 Å². The normalized spacial score (nSPS) is 10.2. The summed E-state index contributed by atoms with van der Waals surface area (Å²) in [5.41, 5.74) is 2.49. The number of nitrogens with zero attached hydrogens (tertiary/aromatic N) is 2. The predicted molar refractivity (Wildman–Crippen MR) is 83.1 cm³/mol. The van der Waals surface area contributed by atoms with Gasteiger partial charge >= 0.3 is 5.97 Å². The van der Waals surface area contributed by atoms with Crippen LogP contribution < -0.4 is 5.32 Å². The molecule has 1 amide bonds. The minimum atomic E-state index is -0.304. The number of ether oxygens (including phenoxy) is 1. The number of amides is 1. The number of aromatic nitrogens is 2. The van der Waals surface area contributed by atoms with E-state index in [2.05, 4.69) is 20.0 Å². The monoisotopic (exact) mass is 319 g/mol. The minimum absolute atomic E-state index is 0.120. The van der Waals surface area contributed by atoms with Crippen molar-refractivity contribution < 1.29 is 14.3 Å². The maximum atomic E-state index is 11.8. The Morgan fingerprint density at radius 2 is 2.09 bits per heavy atom. The van der Waals surface area contributed by atoms with Crippen molar-refractivity contribution >= 4 is 23.2 Å². The van der Waals surface area contributed by atoms with Crippen LogP contribution in [-0.2, 0) is 20.9 Å². The maximum Gasteiger partial charge on any atom is 0.305 e. The van der Waals surface area contributed by atoms with Gasteiger partial charge in [0.25, 0.3) is 0 Å². The highest BCUT2D eigenvalue weighted by Crippen LogP contribution is 2.22. The van der Waals surface area contributed by atoms with Gasteiger partial charge in [-0.25, -0.2) is 0 Å². The lowest BCUT2D eigenvalue weighted by atomic mass is 10.2. The van der Waals surface area contributed by atoms with Gasteiger partial charge in [0.1, 0.15) is 0 Å². The van der Waals surface area contributed by atoms with Gasteiger partial charge in [-0.05, 0) is 17.9 Å². The number of hydrogen-bond acceptors (Lipinski definition) is 6. The van der Waals surface area contributed by atoms with Gasteiger partial charge in [-0.1, -0.05) is 0 Å². The average molecular weight is 319 g/mol. The Balaban J connectivity index is 1.87. The third-order valence-corrected chi connectivity index (χ3v) is 3.72. The molecule has 0 fully saturated rings. The Hall–Kier alpha value is -2.28. The van der Waals surface area contributed by atoms with Crippen LogP contribution >= 0.6 is 11.3 Å². The number of rotatable bonds is 7. The van der Waals surface area contributed by atoms with Crippen LogP contribution in [0.15, 0.2) is 29.2 Å². The Bertz CT molecular complexity index is 629. The van der Waals surface area contributed by atoms with Crippen LogP contribution in [0.4, 0.5) is 0 Å². The SMILES string of the molecule is COC(=O)CCCC(=O)NCc1nccnc1-c1ccsc1. The van der Waals surface area contributed by atoms with E-state index >= 15 is 0 Å². The smallest absolute Gasteiger partial charge is 0.305 e. The Kier molecular flexibility index (Phi) is 6.02. The zero-order valence-corrected chi connectivity index (χ0v) is 13.1.